The molecule has 2 nitrogen and oxygen atoms in total. The maximum absolute atomic E-state index is 12.4. The Morgan fingerprint density at radius 3 is 3.05 bits per heavy atom. The zero-order chi connectivity index (χ0) is 15.3. The van der Waals surface area contributed by atoms with Crippen LogP contribution < -0.4 is 0 Å². The summed E-state index contributed by atoms with van der Waals surface area (Å²) in [7, 11) is 1.31. The van der Waals surface area contributed by atoms with Gasteiger partial charge in [-0.1, -0.05) is 36.2 Å². The lowest BCUT2D eigenvalue weighted by atomic mass is 9.70. The van der Waals surface area contributed by atoms with Crippen LogP contribution in [0.25, 0.3) is 0 Å². The smallest absolute Gasteiger partial charge is 0.141 e. The maximum atomic E-state index is 12.4. The van der Waals surface area contributed by atoms with Gasteiger partial charge in [-0.3, -0.25) is 4.79 Å². The number of halogens is 2. The standard InChI is InChI=1S/C16H20ClIO2S/c1-16(11-20-21-18)8-7-13(10-15(16)19)9-12-3-2-4-14(17)6-5-12/h2,4-6,13H,3,7-11H2,1H3. The lowest BCUT2D eigenvalue weighted by molar-refractivity contribution is -0.133. The highest BCUT2D eigenvalue weighted by Gasteiger charge is 2.39. The lowest BCUT2D eigenvalue weighted by Gasteiger charge is -2.35. The van der Waals surface area contributed by atoms with Gasteiger partial charge < -0.3 is 4.18 Å². The van der Waals surface area contributed by atoms with E-state index in [4.69, 9.17) is 15.8 Å². The highest BCUT2D eigenvalue weighted by Crippen LogP contribution is 2.40. The van der Waals surface area contributed by atoms with Gasteiger partial charge in [-0.25, -0.2) is 0 Å². The van der Waals surface area contributed by atoms with Crippen molar-refractivity contribution in [2.45, 2.75) is 39.0 Å². The fourth-order valence-corrected chi connectivity index (χ4v) is 3.76. The Balaban J connectivity index is 1.91. The molecule has 1 saturated carbocycles. The highest BCUT2D eigenvalue weighted by molar-refractivity contribution is 14.2. The van der Waals surface area contributed by atoms with Crippen LogP contribution in [-0.2, 0) is 8.98 Å². The normalized spacial score (nSPS) is 29.9. The van der Waals surface area contributed by atoms with Gasteiger partial charge in [0.2, 0.25) is 0 Å². The second-order valence-corrected chi connectivity index (χ2v) is 7.98. The fraction of sp³-hybridized carbons (Fsp3) is 0.562. The van der Waals surface area contributed by atoms with E-state index in [1.165, 1.54) is 14.8 Å². The van der Waals surface area contributed by atoms with Gasteiger partial charge in [-0.15, -0.1) is 0 Å². The average molecular weight is 439 g/mol. The topological polar surface area (TPSA) is 26.3 Å². The van der Waals surface area contributed by atoms with E-state index in [2.05, 4.69) is 33.4 Å². The Morgan fingerprint density at radius 1 is 1.52 bits per heavy atom. The van der Waals surface area contributed by atoms with Crippen molar-refractivity contribution in [3.8, 4) is 0 Å². The molecule has 0 aromatic heterocycles. The first-order valence-corrected chi connectivity index (χ1v) is 10.8. The summed E-state index contributed by atoms with van der Waals surface area (Å²) in [5.74, 6) is 0.810. The van der Waals surface area contributed by atoms with E-state index in [9.17, 15) is 4.79 Å². The Labute approximate surface area is 148 Å². The third-order valence-corrected chi connectivity index (χ3v) is 5.58. The van der Waals surface area contributed by atoms with Crippen LogP contribution in [0.3, 0.4) is 0 Å². The van der Waals surface area contributed by atoms with E-state index in [0.29, 0.717) is 24.7 Å². The largest absolute Gasteiger partial charge is 0.304 e. The first kappa shape index (κ1) is 17.6. The minimum Gasteiger partial charge on any atom is -0.304 e. The molecular formula is C16H20ClIO2S. The van der Waals surface area contributed by atoms with Gasteiger partial charge >= 0.3 is 0 Å². The molecule has 2 unspecified atom stereocenters. The molecule has 2 atom stereocenters. The molecule has 2 aliphatic carbocycles. The quantitative estimate of drug-likeness (QED) is 0.402. The first-order valence-electron chi connectivity index (χ1n) is 7.19. The number of allylic oxidation sites excluding steroid dienone is 6. The molecule has 0 aromatic carbocycles. The van der Waals surface area contributed by atoms with E-state index < -0.39 is 0 Å². The fourth-order valence-electron chi connectivity index (χ4n) is 2.92. The summed E-state index contributed by atoms with van der Waals surface area (Å²) in [4.78, 5) is 12.4. The number of hydrogen-bond acceptors (Lipinski definition) is 3. The Bertz CT molecular complexity index is 487. The number of Topliss-reactive ketones (excluding diaryl/α,β-unsaturated/α-hetero) is 1. The summed E-state index contributed by atoms with van der Waals surface area (Å²) < 4.78 is 5.40. The third-order valence-electron chi connectivity index (χ3n) is 4.36. The van der Waals surface area contributed by atoms with Gasteiger partial charge in [0.1, 0.15) is 5.78 Å². The van der Waals surface area contributed by atoms with Crippen LogP contribution in [0.4, 0.5) is 0 Å². The molecule has 0 saturated heterocycles. The van der Waals surface area contributed by atoms with Crippen LogP contribution >= 0.6 is 42.0 Å². The zero-order valence-electron chi connectivity index (χ0n) is 12.1. The lowest BCUT2D eigenvalue weighted by Crippen LogP contribution is -2.38. The van der Waals surface area contributed by atoms with Crippen LogP contribution in [0.15, 0.2) is 34.9 Å². The van der Waals surface area contributed by atoms with Gasteiger partial charge in [0.15, 0.2) is 0 Å². The third kappa shape index (κ3) is 5.12. The summed E-state index contributed by atoms with van der Waals surface area (Å²) in [5.41, 5.74) is 1.07. The molecule has 0 aromatic rings. The van der Waals surface area contributed by atoms with Crippen LogP contribution in [0.2, 0.25) is 0 Å². The molecule has 5 heteroatoms. The molecule has 0 amide bonds. The molecule has 2 aliphatic rings. The number of hydrogen-bond donors (Lipinski definition) is 0. The van der Waals surface area contributed by atoms with E-state index >= 15 is 0 Å². The average Bonchev–Trinajstić information content (AvgIpc) is 2.66. The van der Waals surface area contributed by atoms with Crippen LogP contribution in [-0.4, -0.2) is 12.4 Å². The minimum atomic E-state index is -0.296. The molecule has 21 heavy (non-hydrogen) atoms. The molecule has 0 bridgehead atoms. The number of ketones is 1. The second-order valence-electron chi connectivity index (χ2n) is 6.10. The second kappa shape index (κ2) is 8.18. The zero-order valence-corrected chi connectivity index (χ0v) is 15.8. The molecule has 0 N–H and O–H groups in total. The Kier molecular flexibility index (Phi) is 6.84. The van der Waals surface area contributed by atoms with Gasteiger partial charge in [-0.05, 0) is 43.8 Å². The number of rotatable bonds is 5. The monoisotopic (exact) mass is 438 g/mol. The van der Waals surface area contributed by atoms with Crippen molar-refractivity contribution in [2.24, 2.45) is 11.3 Å². The SMILES string of the molecule is CC1(COSI)CCC(CC2=CC=C(Cl)C=CC2)CC1=O. The Hall–Kier alpha value is 0.220. The van der Waals surface area contributed by atoms with Crippen molar-refractivity contribution < 1.29 is 8.98 Å². The molecule has 0 spiro atoms. The van der Waals surface area contributed by atoms with E-state index in [-0.39, 0.29) is 5.41 Å². The van der Waals surface area contributed by atoms with Crippen molar-refractivity contribution in [1.82, 2.24) is 0 Å². The minimum absolute atomic E-state index is 0.296. The molecule has 2 rings (SSSR count). The summed E-state index contributed by atoms with van der Waals surface area (Å²) >= 11 is 8.09. The molecule has 0 aliphatic heterocycles. The van der Waals surface area contributed by atoms with Gasteiger partial charge in [0.25, 0.3) is 0 Å². The predicted molar refractivity (Wildman–Crippen MR) is 98.4 cm³/mol. The van der Waals surface area contributed by atoms with Crippen molar-refractivity contribution in [3.05, 3.63) is 34.9 Å². The molecule has 0 radical (unpaired) electrons. The van der Waals surface area contributed by atoms with Gasteiger partial charge in [0.05, 0.1) is 21.2 Å². The van der Waals surface area contributed by atoms with Crippen molar-refractivity contribution in [1.29, 1.82) is 0 Å². The summed E-state index contributed by atoms with van der Waals surface area (Å²) in [5, 5.41) is 0.769. The Morgan fingerprint density at radius 2 is 2.33 bits per heavy atom. The molecule has 0 heterocycles. The van der Waals surface area contributed by atoms with E-state index in [1.807, 2.05) is 19.1 Å². The predicted octanol–water partition coefficient (Wildman–Crippen LogP) is 5.78. The first-order chi connectivity index (χ1) is 10.0. The van der Waals surface area contributed by atoms with Crippen molar-refractivity contribution in [2.75, 3.05) is 6.61 Å². The summed E-state index contributed by atoms with van der Waals surface area (Å²) in [6, 6.07) is 0. The van der Waals surface area contributed by atoms with Crippen molar-refractivity contribution in [3.63, 3.8) is 0 Å². The molecular weight excluding hydrogens is 419 g/mol. The van der Waals surface area contributed by atoms with Crippen LogP contribution in [0.1, 0.15) is 39.0 Å². The maximum Gasteiger partial charge on any atom is 0.141 e. The van der Waals surface area contributed by atoms with Crippen LogP contribution in [0.5, 0.6) is 0 Å². The number of carbonyl (C=O) groups excluding carboxylic acids is 1. The van der Waals surface area contributed by atoms with E-state index in [1.54, 1.807) is 0 Å². The van der Waals surface area contributed by atoms with Gasteiger partial charge in [-0.2, -0.15) is 0 Å². The molecule has 116 valence electrons. The van der Waals surface area contributed by atoms with Crippen LogP contribution in [0, 0.1) is 11.3 Å². The van der Waals surface area contributed by atoms with Gasteiger partial charge in [0, 0.05) is 32.7 Å². The highest BCUT2D eigenvalue weighted by atomic mass is 127. The molecule has 1 fully saturated rings. The number of carbonyl (C=O) groups is 1. The summed E-state index contributed by atoms with van der Waals surface area (Å²) in [6.45, 7) is 2.56. The summed E-state index contributed by atoms with van der Waals surface area (Å²) in [6.07, 6.45) is 12.7. The van der Waals surface area contributed by atoms with Crippen molar-refractivity contribution >= 4 is 47.8 Å². The van der Waals surface area contributed by atoms with E-state index in [0.717, 1.165) is 30.7 Å².